The maximum absolute atomic E-state index is 12.9. The monoisotopic (exact) mass is 430 g/mol. The number of carbonyl (C=O) groups is 1. The number of hydrogen-bond acceptors (Lipinski definition) is 7. The van der Waals surface area contributed by atoms with Gasteiger partial charge in [0.1, 0.15) is 11.5 Å². The topological polar surface area (TPSA) is 78.5 Å². The number of amides is 1. The number of morpholine rings is 1. The minimum Gasteiger partial charge on any atom is -0.497 e. The first kappa shape index (κ1) is 22.7. The molecule has 1 aliphatic rings. The molecule has 8 heteroatoms. The van der Waals surface area contributed by atoms with Gasteiger partial charge in [0, 0.05) is 25.7 Å². The summed E-state index contributed by atoms with van der Waals surface area (Å²) in [7, 11) is 6.33. The van der Waals surface area contributed by atoms with Gasteiger partial charge in [-0.15, -0.1) is 0 Å². The van der Waals surface area contributed by atoms with E-state index in [2.05, 4.69) is 10.2 Å². The molecule has 0 spiro atoms. The molecule has 0 aliphatic carbocycles. The lowest BCUT2D eigenvalue weighted by Gasteiger charge is -2.35. The predicted octanol–water partition coefficient (Wildman–Crippen LogP) is 2.52. The van der Waals surface area contributed by atoms with Gasteiger partial charge in [0.15, 0.2) is 11.5 Å². The van der Waals surface area contributed by atoms with Crippen LogP contribution < -0.4 is 24.3 Å². The van der Waals surface area contributed by atoms with Crippen LogP contribution in [-0.2, 0) is 4.74 Å². The summed E-state index contributed by atoms with van der Waals surface area (Å²) in [6, 6.07) is 10.9. The maximum Gasteiger partial charge on any atom is 0.255 e. The molecule has 8 nitrogen and oxygen atoms in total. The minimum absolute atomic E-state index is 0.0445. The molecule has 0 aromatic heterocycles. The van der Waals surface area contributed by atoms with E-state index in [0.29, 0.717) is 48.3 Å². The van der Waals surface area contributed by atoms with E-state index in [4.69, 9.17) is 23.7 Å². The molecule has 168 valence electrons. The molecule has 2 aromatic rings. The largest absolute Gasteiger partial charge is 0.497 e. The number of ether oxygens (including phenoxy) is 5. The van der Waals surface area contributed by atoms with Crippen molar-refractivity contribution in [3.63, 3.8) is 0 Å². The highest BCUT2D eigenvalue weighted by Crippen LogP contribution is 2.32. The van der Waals surface area contributed by atoms with Crippen LogP contribution in [0.4, 0.5) is 0 Å². The van der Waals surface area contributed by atoms with Crippen molar-refractivity contribution in [1.29, 1.82) is 0 Å². The summed E-state index contributed by atoms with van der Waals surface area (Å²) in [5, 5.41) is 3.06. The second-order valence-electron chi connectivity index (χ2n) is 7.05. The average molecular weight is 431 g/mol. The zero-order valence-corrected chi connectivity index (χ0v) is 18.5. The Labute approximate surface area is 183 Å². The van der Waals surface area contributed by atoms with Gasteiger partial charge in [-0.05, 0) is 29.8 Å². The van der Waals surface area contributed by atoms with E-state index in [-0.39, 0.29) is 11.9 Å². The van der Waals surface area contributed by atoms with Gasteiger partial charge in [-0.2, -0.15) is 0 Å². The summed E-state index contributed by atoms with van der Waals surface area (Å²) in [6.07, 6.45) is 0. The lowest BCUT2D eigenvalue weighted by molar-refractivity contribution is 0.0162. The van der Waals surface area contributed by atoms with E-state index in [9.17, 15) is 4.79 Å². The third-order valence-corrected chi connectivity index (χ3v) is 5.39. The van der Waals surface area contributed by atoms with Crippen LogP contribution >= 0.6 is 0 Å². The number of nitrogens with one attached hydrogen (secondary N) is 1. The van der Waals surface area contributed by atoms with Crippen molar-refractivity contribution in [2.45, 2.75) is 6.04 Å². The Kier molecular flexibility index (Phi) is 7.97. The fourth-order valence-corrected chi connectivity index (χ4v) is 3.68. The minimum atomic E-state index is -0.210. The van der Waals surface area contributed by atoms with Gasteiger partial charge in [0.2, 0.25) is 0 Å². The second-order valence-corrected chi connectivity index (χ2v) is 7.05. The van der Waals surface area contributed by atoms with E-state index in [1.165, 1.54) is 7.11 Å². The Morgan fingerprint density at radius 1 is 0.935 bits per heavy atom. The van der Waals surface area contributed by atoms with E-state index in [1.54, 1.807) is 39.5 Å². The third kappa shape index (κ3) is 5.39. The molecule has 1 N–H and O–H groups in total. The number of benzene rings is 2. The fraction of sp³-hybridized carbons (Fsp3) is 0.435. The Morgan fingerprint density at radius 2 is 1.65 bits per heavy atom. The molecular weight excluding hydrogens is 400 g/mol. The summed E-state index contributed by atoms with van der Waals surface area (Å²) in [5.41, 5.74) is 1.48. The van der Waals surface area contributed by atoms with E-state index >= 15 is 0 Å². The Morgan fingerprint density at radius 3 is 2.29 bits per heavy atom. The average Bonchev–Trinajstić information content (AvgIpc) is 2.83. The molecule has 2 aromatic carbocycles. The summed E-state index contributed by atoms with van der Waals surface area (Å²) >= 11 is 0. The molecule has 3 rings (SSSR count). The molecular formula is C23H30N2O6. The SMILES string of the molecule is COc1ccc(C(=O)NCC(c2ccc(OC)c(OC)c2)N2CCOCC2)c(OC)c1. The highest BCUT2D eigenvalue weighted by atomic mass is 16.5. The fourth-order valence-electron chi connectivity index (χ4n) is 3.68. The maximum atomic E-state index is 12.9. The molecule has 1 fully saturated rings. The van der Waals surface area contributed by atoms with Gasteiger partial charge in [-0.1, -0.05) is 6.07 Å². The predicted molar refractivity (Wildman–Crippen MR) is 117 cm³/mol. The van der Waals surface area contributed by atoms with Crippen LogP contribution in [-0.4, -0.2) is 72.1 Å². The van der Waals surface area contributed by atoms with Crippen LogP contribution in [0.2, 0.25) is 0 Å². The molecule has 0 saturated carbocycles. The molecule has 0 radical (unpaired) electrons. The standard InChI is InChI=1S/C23H30N2O6/c1-27-17-6-7-18(21(14-17)29-3)23(26)24-15-19(25-9-11-31-12-10-25)16-5-8-20(28-2)22(13-16)30-4/h5-8,13-14,19H,9-12,15H2,1-4H3,(H,24,26). The van der Waals surface area contributed by atoms with Crippen molar-refractivity contribution in [1.82, 2.24) is 10.2 Å². The molecule has 1 heterocycles. The van der Waals surface area contributed by atoms with Crippen LogP contribution in [0.15, 0.2) is 36.4 Å². The lowest BCUT2D eigenvalue weighted by atomic mass is 10.0. The van der Waals surface area contributed by atoms with Crippen molar-refractivity contribution in [2.24, 2.45) is 0 Å². The first-order chi connectivity index (χ1) is 15.1. The molecule has 1 saturated heterocycles. The van der Waals surface area contributed by atoms with Crippen molar-refractivity contribution in [3.8, 4) is 23.0 Å². The smallest absolute Gasteiger partial charge is 0.255 e. The van der Waals surface area contributed by atoms with Crippen LogP contribution in [0.1, 0.15) is 22.0 Å². The zero-order chi connectivity index (χ0) is 22.2. The molecule has 1 unspecified atom stereocenters. The van der Waals surface area contributed by atoms with Gasteiger partial charge >= 0.3 is 0 Å². The van der Waals surface area contributed by atoms with Crippen LogP contribution in [0.5, 0.6) is 23.0 Å². The molecule has 0 bridgehead atoms. The molecule has 1 aliphatic heterocycles. The van der Waals surface area contributed by atoms with Crippen LogP contribution in [0.3, 0.4) is 0 Å². The Bertz CT molecular complexity index is 882. The normalized spacial score (nSPS) is 15.1. The number of nitrogens with zero attached hydrogens (tertiary/aromatic N) is 1. The quantitative estimate of drug-likeness (QED) is 0.655. The number of hydrogen-bond donors (Lipinski definition) is 1. The van der Waals surface area contributed by atoms with Crippen LogP contribution in [0, 0.1) is 0 Å². The third-order valence-electron chi connectivity index (χ3n) is 5.39. The molecule has 31 heavy (non-hydrogen) atoms. The number of rotatable bonds is 9. The summed E-state index contributed by atoms with van der Waals surface area (Å²) in [6.45, 7) is 3.29. The Hall–Kier alpha value is -2.97. The molecule has 1 amide bonds. The van der Waals surface area contributed by atoms with Gasteiger partial charge in [-0.25, -0.2) is 0 Å². The summed E-state index contributed by atoms with van der Waals surface area (Å²) in [5.74, 6) is 2.20. The lowest BCUT2D eigenvalue weighted by Crippen LogP contribution is -2.43. The highest BCUT2D eigenvalue weighted by molar-refractivity contribution is 5.97. The zero-order valence-electron chi connectivity index (χ0n) is 18.5. The van der Waals surface area contributed by atoms with E-state index < -0.39 is 0 Å². The van der Waals surface area contributed by atoms with Crippen molar-refractivity contribution < 1.29 is 28.5 Å². The second kappa shape index (κ2) is 10.9. The molecule has 1 atom stereocenters. The summed E-state index contributed by atoms with van der Waals surface area (Å²) in [4.78, 5) is 15.2. The van der Waals surface area contributed by atoms with Crippen molar-refractivity contribution in [3.05, 3.63) is 47.5 Å². The van der Waals surface area contributed by atoms with Gasteiger partial charge in [0.25, 0.3) is 5.91 Å². The van der Waals surface area contributed by atoms with E-state index in [1.807, 2.05) is 18.2 Å². The highest BCUT2D eigenvalue weighted by Gasteiger charge is 2.25. The van der Waals surface area contributed by atoms with E-state index in [0.717, 1.165) is 18.7 Å². The summed E-state index contributed by atoms with van der Waals surface area (Å²) < 4.78 is 26.9. The number of methoxy groups -OCH3 is 4. The first-order valence-electron chi connectivity index (χ1n) is 10.1. The van der Waals surface area contributed by atoms with Gasteiger partial charge in [0.05, 0.1) is 53.3 Å². The van der Waals surface area contributed by atoms with Crippen molar-refractivity contribution in [2.75, 3.05) is 61.3 Å². The van der Waals surface area contributed by atoms with Crippen LogP contribution in [0.25, 0.3) is 0 Å². The first-order valence-corrected chi connectivity index (χ1v) is 10.1. The Balaban J connectivity index is 1.82. The van der Waals surface area contributed by atoms with Gasteiger partial charge < -0.3 is 29.0 Å². The van der Waals surface area contributed by atoms with Crippen molar-refractivity contribution >= 4 is 5.91 Å². The van der Waals surface area contributed by atoms with Gasteiger partial charge in [-0.3, -0.25) is 9.69 Å². The number of carbonyl (C=O) groups excluding carboxylic acids is 1.